The summed E-state index contributed by atoms with van der Waals surface area (Å²) in [5.41, 5.74) is 0.650. The summed E-state index contributed by atoms with van der Waals surface area (Å²) in [5, 5.41) is 4.36. The zero-order valence-electron chi connectivity index (χ0n) is 10.1. The minimum Gasteiger partial charge on any atom is -0.436 e. The van der Waals surface area contributed by atoms with Crippen molar-refractivity contribution in [3.05, 3.63) is 56.5 Å². The molecule has 0 radical (unpaired) electrons. The molecule has 2 rings (SSSR count). The molecule has 0 bridgehead atoms. The molecule has 2 nitrogen and oxygen atoms in total. The van der Waals surface area contributed by atoms with Gasteiger partial charge in [-0.25, -0.2) is 0 Å². The third-order valence-corrected chi connectivity index (χ3v) is 5.45. The minimum absolute atomic E-state index is 0.263. The molecule has 0 aromatic heterocycles. The number of hydrogen-bond acceptors (Lipinski definition) is 2. The van der Waals surface area contributed by atoms with Crippen LogP contribution in [0.1, 0.15) is 0 Å². The highest BCUT2D eigenvalue weighted by molar-refractivity contribution is 8.25. The molecule has 1 unspecified atom stereocenters. The molecule has 9 heteroatoms. The molecule has 2 aromatic carbocycles. The maximum atomic E-state index is 6.24. The van der Waals surface area contributed by atoms with Gasteiger partial charge in [-0.3, -0.25) is 0 Å². The maximum Gasteiger partial charge on any atom is 0.294 e. The lowest BCUT2D eigenvalue weighted by atomic mass is 10.3. The normalized spacial score (nSPS) is 13.6. The molecule has 0 amide bonds. The van der Waals surface area contributed by atoms with E-state index in [9.17, 15) is 0 Å². The van der Waals surface area contributed by atoms with Crippen LogP contribution in [0.3, 0.4) is 0 Å². The molecule has 112 valence electrons. The van der Waals surface area contributed by atoms with Gasteiger partial charge >= 0.3 is 0 Å². The number of halogens is 5. The first-order chi connectivity index (χ1) is 9.77. The highest BCUT2D eigenvalue weighted by Crippen LogP contribution is 2.54. The third-order valence-electron chi connectivity index (χ3n) is 2.28. The second-order valence-electron chi connectivity index (χ2n) is 3.89. The fourth-order valence-corrected chi connectivity index (χ4v) is 4.23. The van der Waals surface area contributed by atoms with Gasteiger partial charge in [0.25, 0.3) is 5.77 Å². The second-order valence-corrected chi connectivity index (χ2v) is 10.5. The molecule has 0 spiro atoms. The Labute approximate surface area is 152 Å². The molecule has 0 aliphatic heterocycles. The van der Waals surface area contributed by atoms with Crippen LogP contribution in [0.15, 0.2) is 36.4 Å². The van der Waals surface area contributed by atoms with Crippen molar-refractivity contribution in [2.75, 3.05) is 5.09 Å². The molecular formula is C12H7Cl5NOPS. The van der Waals surface area contributed by atoms with Crippen molar-refractivity contribution in [1.29, 1.82) is 0 Å². The number of anilines is 1. The van der Waals surface area contributed by atoms with Crippen molar-refractivity contribution < 1.29 is 4.52 Å². The lowest BCUT2D eigenvalue weighted by Crippen LogP contribution is -1.98. The van der Waals surface area contributed by atoms with Gasteiger partial charge in [-0.2, -0.15) is 0 Å². The molecule has 0 aliphatic carbocycles. The molecule has 0 fully saturated rings. The van der Waals surface area contributed by atoms with Gasteiger partial charge in [-0.1, -0.05) is 52.5 Å². The fourth-order valence-electron chi connectivity index (χ4n) is 1.44. The largest absolute Gasteiger partial charge is 0.436 e. The van der Waals surface area contributed by atoms with E-state index in [0.717, 1.165) is 0 Å². The SMILES string of the molecule is S=P(Cl)(Nc1cccc(Cl)c1)Oc1cc(Cl)c(Cl)cc1Cl. The first kappa shape index (κ1) is 17.5. The van der Waals surface area contributed by atoms with E-state index in [-0.39, 0.29) is 10.8 Å². The number of benzene rings is 2. The Kier molecular flexibility index (Phi) is 5.95. The Bertz CT molecular complexity index is 727. The highest BCUT2D eigenvalue weighted by atomic mass is 35.7. The van der Waals surface area contributed by atoms with Gasteiger partial charge in [0, 0.05) is 16.8 Å². The zero-order chi connectivity index (χ0) is 15.6. The van der Waals surface area contributed by atoms with E-state index < -0.39 is 5.77 Å². The summed E-state index contributed by atoms with van der Waals surface area (Å²) in [6.07, 6.45) is 0. The molecule has 0 aliphatic rings. The summed E-state index contributed by atoms with van der Waals surface area (Å²) in [6.45, 7) is 0. The lowest BCUT2D eigenvalue weighted by Gasteiger charge is -2.19. The lowest BCUT2D eigenvalue weighted by molar-refractivity contribution is 0.628. The molecule has 2 aromatic rings. The molecule has 1 N–H and O–H groups in total. The van der Waals surface area contributed by atoms with Crippen LogP contribution in [0, 0.1) is 0 Å². The van der Waals surface area contributed by atoms with E-state index in [0.29, 0.717) is 20.8 Å². The summed E-state index contributed by atoms with van der Waals surface area (Å²) in [5.74, 6) is -2.64. The Hall–Kier alpha value is 0.140. The van der Waals surface area contributed by atoms with Crippen molar-refractivity contribution in [2.24, 2.45) is 0 Å². The Morgan fingerprint density at radius 3 is 2.29 bits per heavy atom. The van der Waals surface area contributed by atoms with Crippen LogP contribution in [0.25, 0.3) is 0 Å². The molecule has 21 heavy (non-hydrogen) atoms. The van der Waals surface area contributed by atoms with Crippen molar-refractivity contribution >= 4 is 80.9 Å². The van der Waals surface area contributed by atoms with Gasteiger partial charge in [-0.15, -0.1) is 0 Å². The second kappa shape index (κ2) is 7.14. The van der Waals surface area contributed by atoms with Crippen LogP contribution in [0.5, 0.6) is 5.75 Å². The zero-order valence-corrected chi connectivity index (χ0v) is 15.6. The van der Waals surface area contributed by atoms with Crippen LogP contribution in [0.4, 0.5) is 5.69 Å². The van der Waals surface area contributed by atoms with Gasteiger partial charge in [-0.05, 0) is 47.3 Å². The first-order valence-electron chi connectivity index (χ1n) is 5.44. The standard InChI is InChI=1S/C12H7Cl5NOPS/c13-7-2-1-3-8(4-7)18-20(17,21)19-12-6-10(15)9(14)5-11(12)16/h1-6H,(H,18,21). The van der Waals surface area contributed by atoms with Crippen molar-refractivity contribution in [3.63, 3.8) is 0 Å². The third kappa shape index (κ3) is 5.07. The number of nitrogens with one attached hydrogen (secondary N) is 1. The molecule has 0 saturated heterocycles. The van der Waals surface area contributed by atoms with Crippen molar-refractivity contribution in [2.45, 2.75) is 0 Å². The van der Waals surface area contributed by atoms with Crippen LogP contribution >= 0.6 is 63.4 Å². The molecule has 0 heterocycles. The molecular weight excluding hydrogens is 414 g/mol. The summed E-state index contributed by atoms with van der Waals surface area (Å²) >= 11 is 35.2. The van der Waals surface area contributed by atoms with Gasteiger partial charge in [0.05, 0.1) is 15.1 Å². The van der Waals surface area contributed by atoms with Gasteiger partial charge < -0.3 is 9.61 Å². The Balaban J connectivity index is 2.21. The van der Waals surface area contributed by atoms with E-state index in [1.165, 1.54) is 12.1 Å². The first-order valence-corrected chi connectivity index (χ1v) is 10.6. The Morgan fingerprint density at radius 2 is 1.62 bits per heavy atom. The van der Waals surface area contributed by atoms with Gasteiger partial charge in [0.2, 0.25) is 0 Å². The van der Waals surface area contributed by atoms with Crippen LogP contribution in [-0.2, 0) is 11.8 Å². The smallest absolute Gasteiger partial charge is 0.294 e. The quantitative estimate of drug-likeness (QED) is 0.415. The molecule has 0 saturated carbocycles. The van der Waals surface area contributed by atoms with E-state index in [4.69, 9.17) is 74.0 Å². The summed E-state index contributed by atoms with van der Waals surface area (Å²) < 4.78 is 5.57. The van der Waals surface area contributed by atoms with Gasteiger partial charge in [0.15, 0.2) is 0 Å². The van der Waals surface area contributed by atoms with Crippen molar-refractivity contribution in [3.8, 4) is 5.75 Å². The monoisotopic (exact) mass is 419 g/mol. The van der Waals surface area contributed by atoms with Crippen LogP contribution in [0.2, 0.25) is 20.1 Å². The predicted octanol–water partition coefficient (Wildman–Crippen LogP) is 7.25. The summed E-state index contributed by atoms with van der Waals surface area (Å²) in [7, 11) is 0. The van der Waals surface area contributed by atoms with E-state index >= 15 is 0 Å². The topological polar surface area (TPSA) is 21.3 Å². The highest BCUT2D eigenvalue weighted by Gasteiger charge is 2.19. The fraction of sp³-hybridized carbons (Fsp3) is 0. The van der Waals surface area contributed by atoms with Gasteiger partial charge in [0.1, 0.15) is 5.75 Å². The van der Waals surface area contributed by atoms with Crippen LogP contribution in [-0.4, -0.2) is 0 Å². The van der Waals surface area contributed by atoms with Crippen molar-refractivity contribution in [1.82, 2.24) is 0 Å². The number of rotatable bonds is 4. The maximum absolute atomic E-state index is 6.24. The average molecular weight is 422 g/mol. The average Bonchev–Trinajstić information content (AvgIpc) is 2.35. The molecule has 1 atom stereocenters. The summed E-state index contributed by atoms with van der Waals surface area (Å²) in [6, 6.07) is 9.89. The Morgan fingerprint density at radius 1 is 0.952 bits per heavy atom. The minimum atomic E-state index is -2.91. The van der Waals surface area contributed by atoms with Crippen LogP contribution < -0.4 is 9.61 Å². The van der Waals surface area contributed by atoms with E-state index in [2.05, 4.69) is 5.09 Å². The summed E-state index contributed by atoms with van der Waals surface area (Å²) in [4.78, 5) is 0. The predicted molar refractivity (Wildman–Crippen MR) is 97.3 cm³/mol. The number of hydrogen-bond donors (Lipinski definition) is 1. The van der Waals surface area contributed by atoms with E-state index in [1.807, 2.05) is 0 Å². The van der Waals surface area contributed by atoms with E-state index in [1.54, 1.807) is 24.3 Å².